The van der Waals surface area contributed by atoms with Gasteiger partial charge in [-0.2, -0.15) is 0 Å². The number of Topliss-reactive ketones (excluding diaryl/α,β-unsaturated/α-hetero) is 1. The standard InChI is InChI=1S/C19H28O3/c1-4-5-14-22-19(21)13-9-12-18(16(3)20)15(2)17-10-7-6-8-11-17/h6-8,10-11,15,18H,4-5,9,12-14H2,1-3H3. The highest BCUT2D eigenvalue weighted by atomic mass is 16.5. The molecule has 0 amide bonds. The second kappa shape index (κ2) is 10.1. The number of unbranched alkanes of at least 4 members (excludes halogenated alkanes) is 1. The van der Waals surface area contributed by atoms with Crippen LogP contribution in [0.25, 0.3) is 0 Å². The maximum Gasteiger partial charge on any atom is 0.305 e. The van der Waals surface area contributed by atoms with Gasteiger partial charge in [-0.15, -0.1) is 0 Å². The SMILES string of the molecule is CCCCOC(=O)CCCC(C(C)=O)C(C)c1ccccc1. The molecule has 1 rings (SSSR count). The van der Waals surface area contributed by atoms with E-state index in [1.165, 1.54) is 5.56 Å². The Hall–Kier alpha value is -1.64. The summed E-state index contributed by atoms with van der Waals surface area (Å²) in [7, 11) is 0. The third-order valence-corrected chi connectivity index (χ3v) is 4.11. The quantitative estimate of drug-likeness (QED) is 0.472. The topological polar surface area (TPSA) is 43.4 Å². The Morgan fingerprint density at radius 1 is 1.14 bits per heavy atom. The van der Waals surface area contributed by atoms with Crippen LogP contribution in [0.4, 0.5) is 0 Å². The molecule has 1 aromatic rings. The molecule has 0 saturated heterocycles. The molecule has 122 valence electrons. The highest BCUT2D eigenvalue weighted by molar-refractivity contribution is 5.79. The molecule has 22 heavy (non-hydrogen) atoms. The van der Waals surface area contributed by atoms with E-state index in [0.717, 1.165) is 19.3 Å². The number of esters is 1. The predicted molar refractivity (Wildman–Crippen MR) is 88.7 cm³/mol. The van der Waals surface area contributed by atoms with Gasteiger partial charge >= 0.3 is 5.97 Å². The summed E-state index contributed by atoms with van der Waals surface area (Å²) in [6.07, 6.45) is 3.76. The molecule has 0 heterocycles. The lowest BCUT2D eigenvalue weighted by Crippen LogP contribution is -2.19. The van der Waals surface area contributed by atoms with Gasteiger partial charge in [0.1, 0.15) is 5.78 Å². The number of ketones is 1. The lowest BCUT2D eigenvalue weighted by molar-refractivity contribution is -0.144. The molecule has 0 fully saturated rings. The van der Waals surface area contributed by atoms with E-state index in [2.05, 4.69) is 26.0 Å². The predicted octanol–water partition coefficient (Wildman–Crippen LogP) is 4.51. The smallest absolute Gasteiger partial charge is 0.305 e. The molecule has 0 N–H and O–H groups in total. The minimum absolute atomic E-state index is 0.0363. The van der Waals surface area contributed by atoms with Crippen molar-refractivity contribution in [3.05, 3.63) is 35.9 Å². The van der Waals surface area contributed by atoms with Crippen molar-refractivity contribution in [1.82, 2.24) is 0 Å². The maximum absolute atomic E-state index is 11.9. The molecule has 3 heteroatoms. The minimum Gasteiger partial charge on any atom is -0.466 e. The summed E-state index contributed by atoms with van der Waals surface area (Å²) in [5, 5.41) is 0. The highest BCUT2D eigenvalue weighted by Gasteiger charge is 2.23. The van der Waals surface area contributed by atoms with Crippen molar-refractivity contribution in [3.8, 4) is 0 Å². The number of benzene rings is 1. The molecular weight excluding hydrogens is 276 g/mol. The summed E-state index contributed by atoms with van der Waals surface area (Å²) in [6.45, 7) is 6.30. The lowest BCUT2D eigenvalue weighted by atomic mass is 9.82. The molecular formula is C19H28O3. The van der Waals surface area contributed by atoms with Crippen molar-refractivity contribution >= 4 is 11.8 Å². The molecule has 0 aliphatic heterocycles. The van der Waals surface area contributed by atoms with Gasteiger partial charge in [-0.05, 0) is 37.7 Å². The summed E-state index contributed by atoms with van der Waals surface area (Å²) in [5.74, 6) is 0.180. The van der Waals surface area contributed by atoms with E-state index in [4.69, 9.17) is 4.74 Å². The van der Waals surface area contributed by atoms with Gasteiger partial charge in [0.15, 0.2) is 0 Å². The maximum atomic E-state index is 11.9. The first-order valence-corrected chi connectivity index (χ1v) is 8.27. The van der Waals surface area contributed by atoms with Crippen molar-refractivity contribution < 1.29 is 14.3 Å². The van der Waals surface area contributed by atoms with Crippen molar-refractivity contribution in [2.75, 3.05) is 6.61 Å². The van der Waals surface area contributed by atoms with Crippen molar-refractivity contribution in [2.24, 2.45) is 5.92 Å². The van der Waals surface area contributed by atoms with Crippen LogP contribution in [0.1, 0.15) is 64.4 Å². The van der Waals surface area contributed by atoms with Crippen LogP contribution in [-0.2, 0) is 14.3 Å². The molecule has 0 aliphatic rings. The van der Waals surface area contributed by atoms with Crippen LogP contribution in [0.3, 0.4) is 0 Å². The average Bonchev–Trinajstić information content (AvgIpc) is 2.51. The van der Waals surface area contributed by atoms with Crippen LogP contribution in [0.2, 0.25) is 0 Å². The second-order valence-corrected chi connectivity index (χ2v) is 5.88. The van der Waals surface area contributed by atoms with Gasteiger partial charge in [-0.25, -0.2) is 0 Å². The van der Waals surface area contributed by atoms with Crippen molar-refractivity contribution in [1.29, 1.82) is 0 Å². The zero-order valence-electron chi connectivity index (χ0n) is 14.0. The molecule has 2 unspecified atom stereocenters. The second-order valence-electron chi connectivity index (χ2n) is 5.88. The lowest BCUT2D eigenvalue weighted by Gasteiger charge is -2.22. The number of hydrogen-bond acceptors (Lipinski definition) is 3. The molecule has 0 radical (unpaired) electrons. The summed E-state index contributed by atoms with van der Waals surface area (Å²) in [5.41, 5.74) is 1.17. The molecule has 0 aliphatic carbocycles. The third-order valence-electron chi connectivity index (χ3n) is 4.11. The molecule has 1 aromatic carbocycles. The Morgan fingerprint density at radius 2 is 1.82 bits per heavy atom. The van der Waals surface area contributed by atoms with E-state index in [0.29, 0.717) is 19.4 Å². The van der Waals surface area contributed by atoms with E-state index in [9.17, 15) is 9.59 Å². The fourth-order valence-electron chi connectivity index (χ4n) is 2.66. The Bertz CT molecular complexity index is 453. The zero-order valence-corrected chi connectivity index (χ0v) is 14.0. The van der Waals surface area contributed by atoms with Crippen LogP contribution < -0.4 is 0 Å². The van der Waals surface area contributed by atoms with Gasteiger partial charge in [-0.1, -0.05) is 50.6 Å². The Kier molecular flexibility index (Phi) is 8.49. The van der Waals surface area contributed by atoms with E-state index in [1.54, 1.807) is 6.92 Å². The summed E-state index contributed by atoms with van der Waals surface area (Å²) >= 11 is 0. The van der Waals surface area contributed by atoms with Gasteiger partial charge in [0.25, 0.3) is 0 Å². The minimum atomic E-state index is -0.150. The highest BCUT2D eigenvalue weighted by Crippen LogP contribution is 2.29. The van der Waals surface area contributed by atoms with Crippen LogP contribution in [0, 0.1) is 5.92 Å². The first kappa shape index (κ1) is 18.4. The molecule has 0 spiro atoms. The molecule has 0 saturated carbocycles. The first-order chi connectivity index (χ1) is 10.6. The number of rotatable bonds is 10. The van der Waals surface area contributed by atoms with E-state index < -0.39 is 0 Å². The van der Waals surface area contributed by atoms with Crippen LogP contribution in [0.5, 0.6) is 0 Å². The molecule has 2 atom stereocenters. The normalized spacial score (nSPS) is 13.4. The third kappa shape index (κ3) is 6.42. The molecule has 3 nitrogen and oxygen atoms in total. The number of carbonyl (C=O) groups is 2. The van der Waals surface area contributed by atoms with Gasteiger partial charge in [0.2, 0.25) is 0 Å². The van der Waals surface area contributed by atoms with E-state index >= 15 is 0 Å². The number of carbonyl (C=O) groups excluding carboxylic acids is 2. The average molecular weight is 304 g/mol. The zero-order chi connectivity index (χ0) is 16.4. The van der Waals surface area contributed by atoms with Crippen LogP contribution >= 0.6 is 0 Å². The number of ether oxygens (including phenoxy) is 1. The summed E-state index contributed by atoms with van der Waals surface area (Å²) in [4.78, 5) is 23.5. The van der Waals surface area contributed by atoms with Gasteiger partial charge in [0.05, 0.1) is 6.61 Å². The number of hydrogen-bond donors (Lipinski definition) is 0. The van der Waals surface area contributed by atoms with Crippen molar-refractivity contribution in [3.63, 3.8) is 0 Å². The summed E-state index contributed by atoms with van der Waals surface area (Å²) < 4.78 is 5.15. The Labute approximate surface area is 134 Å². The van der Waals surface area contributed by atoms with Gasteiger partial charge in [-0.3, -0.25) is 9.59 Å². The molecule has 0 bridgehead atoms. The first-order valence-electron chi connectivity index (χ1n) is 8.27. The van der Waals surface area contributed by atoms with Gasteiger partial charge < -0.3 is 4.74 Å². The summed E-state index contributed by atoms with van der Waals surface area (Å²) in [6, 6.07) is 10.1. The fraction of sp³-hybridized carbons (Fsp3) is 0.579. The van der Waals surface area contributed by atoms with E-state index in [1.807, 2.05) is 18.2 Å². The fourth-order valence-corrected chi connectivity index (χ4v) is 2.66. The Morgan fingerprint density at radius 3 is 2.41 bits per heavy atom. The van der Waals surface area contributed by atoms with Crippen LogP contribution in [0.15, 0.2) is 30.3 Å². The van der Waals surface area contributed by atoms with Gasteiger partial charge in [0, 0.05) is 12.3 Å². The Balaban J connectivity index is 2.45. The molecule has 0 aromatic heterocycles. The largest absolute Gasteiger partial charge is 0.466 e. The van der Waals surface area contributed by atoms with Crippen molar-refractivity contribution in [2.45, 2.75) is 58.8 Å². The van der Waals surface area contributed by atoms with E-state index in [-0.39, 0.29) is 23.6 Å². The van der Waals surface area contributed by atoms with Crippen LogP contribution in [-0.4, -0.2) is 18.4 Å². The monoisotopic (exact) mass is 304 g/mol.